The molecule has 9 heteroatoms. The van der Waals surface area contributed by atoms with E-state index in [9.17, 15) is 0 Å². The van der Waals surface area contributed by atoms with Gasteiger partial charge in [-0.1, -0.05) is 6.92 Å². The molecule has 0 amide bonds. The molecule has 0 spiro atoms. The van der Waals surface area contributed by atoms with Gasteiger partial charge in [0.1, 0.15) is 0 Å². The van der Waals surface area contributed by atoms with Gasteiger partial charge in [-0.05, 0) is 13.3 Å². The molecule has 0 fully saturated rings. The lowest BCUT2D eigenvalue weighted by atomic mass is 10.3. The van der Waals surface area contributed by atoms with E-state index in [-0.39, 0.29) is 0 Å². The van der Waals surface area contributed by atoms with Crippen LogP contribution in [0, 0.1) is 0 Å². The van der Waals surface area contributed by atoms with Gasteiger partial charge in [0.05, 0.1) is 0 Å². The Labute approximate surface area is 112 Å². The molecule has 0 bridgehead atoms. The minimum absolute atomic E-state index is 0.384. The van der Waals surface area contributed by atoms with Crippen LogP contribution < -0.4 is 11.6 Å². The molecule has 0 aliphatic carbocycles. The van der Waals surface area contributed by atoms with Gasteiger partial charge in [-0.2, -0.15) is 0 Å². The summed E-state index contributed by atoms with van der Waals surface area (Å²) in [6, 6.07) is 0.384. The Hall–Kier alpha value is -1.71. The highest BCUT2D eigenvalue weighted by atomic mass is 16.4. The van der Waals surface area contributed by atoms with Crippen LogP contribution in [0.3, 0.4) is 0 Å². The Balaban J connectivity index is -0.0000000441. The van der Waals surface area contributed by atoms with Crippen LogP contribution in [0.15, 0.2) is 0 Å². The van der Waals surface area contributed by atoms with E-state index >= 15 is 0 Å². The van der Waals surface area contributed by atoms with Gasteiger partial charge in [-0.15, -0.1) is 0 Å². The predicted molar refractivity (Wildman–Crippen MR) is 69.8 cm³/mol. The highest BCUT2D eigenvalue weighted by molar-refractivity contribution is 5.63. The maximum atomic E-state index is 9.00. The standard InChI is InChI=1S/C4H11N.3C2H4O2.H3NO/c1-3-4(2)5;3*1-2(3)4;1-2/h4H,3,5H2,1-2H3;3*1H3,(H,3,4);2H,1H2. The number of hydrogen-bond acceptors (Lipinski definition) is 6. The fourth-order valence-electron chi connectivity index (χ4n) is 0. The highest BCUT2D eigenvalue weighted by Gasteiger charge is 1.79. The Morgan fingerprint density at radius 2 is 0.947 bits per heavy atom. The van der Waals surface area contributed by atoms with Crippen molar-refractivity contribution < 1.29 is 34.9 Å². The molecule has 1 unspecified atom stereocenters. The summed E-state index contributed by atoms with van der Waals surface area (Å²) < 4.78 is 0. The molecule has 0 radical (unpaired) electrons. The molecule has 9 nitrogen and oxygen atoms in total. The summed E-state index contributed by atoms with van der Waals surface area (Å²) in [5, 5.41) is 28.8. The summed E-state index contributed by atoms with van der Waals surface area (Å²) >= 11 is 0. The van der Waals surface area contributed by atoms with Gasteiger partial charge in [0.25, 0.3) is 17.9 Å². The van der Waals surface area contributed by atoms with Crippen molar-refractivity contribution in [3.63, 3.8) is 0 Å². The van der Waals surface area contributed by atoms with Crippen molar-refractivity contribution in [3.05, 3.63) is 0 Å². The summed E-state index contributed by atoms with van der Waals surface area (Å²) in [6.07, 6.45) is 1.08. The van der Waals surface area contributed by atoms with Gasteiger partial charge >= 0.3 is 0 Å². The first-order valence-corrected chi connectivity index (χ1v) is 5.07. The second-order valence-electron chi connectivity index (χ2n) is 2.94. The van der Waals surface area contributed by atoms with E-state index < -0.39 is 17.9 Å². The van der Waals surface area contributed by atoms with Gasteiger partial charge in [0.15, 0.2) is 0 Å². The van der Waals surface area contributed by atoms with E-state index in [1.807, 2.05) is 6.92 Å². The fourth-order valence-corrected chi connectivity index (χ4v) is 0. The zero-order chi connectivity index (χ0) is 17.0. The lowest BCUT2D eigenvalue weighted by Gasteiger charge is -1.91. The van der Waals surface area contributed by atoms with Crippen LogP contribution in [0.25, 0.3) is 0 Å². The molecule has 0 aliphatic heterocycles. The van der Waals surface area contributed by atoms with Crippen molar-refractivity contribution in [1.29, 1.82) is 0 Å². The zero-order valence-electron chi connectivity index (χ0n) is 12.0. The Kier molecular flexibility index (Phi) is 47.8. The van der Waals surface area contributed by atoms with E-state index in [4.69, 9.17) is 40.6 Å². The largest absolute Gasteiger partial charge is 0.481 e. The van der Waals surface area contributed by atoms with Gasteiger partial charge in [0, 0.05) is 26.8 Å². The maximum absolute atomic E-state index is 9.00. The number of rotatable bonds is 1. The second-order valence-corrected chi connectivity index (χ2v) is 2.94. The normalized spacial score (nSPS) is 8.21. The number of carboxylic acids is 3. The van der Waals surface area contributed by atoms with Crippen molar-refractivity contribution in [2.24, 2.45) is 11.6 Å². The van der Waals surface area contributed by atoms with Crippen LogP contribution in [0.4, 0.5) is 0 Å². The van der Waals surface area contributed by atoms with Crippen LogP contribution in [0.1, 0.15) is 41.0 Å². The van der Waals surface area contributed by atoms with Gasteiger partial charge < -0.3 is 26.3 Å². The molecule has 19 heavy (non-hydrogen) atoms. The average molecular weight is 286 g/mol. The Morgan fingerprint density at radius 3 is 0.947 bits per heavy atom. The van der Waals surface area contributed by atoms with Crippen molar-refractivity contribution in [2.45, 2.75) is 47.1 Å². The highest BCUT2D eigenvalue weighted by Crippen LogP contribution is 1.77. The smallest absolute Gasteiger partial charge is 0.300 e. The van der Waals surface area contributed by atoms with Crippen molar-refractivity contribution in [2.75, 3.05) is 0 Å². The molecule has 1 atom stereocenters. The van der Waals surface area contributed by atoms with E-state index in [1.165, 1.54) is 0 Å². The quantitative estimate of drug-likeness (QED) is 0.370. The molecule has 0 heterocycles. The van der Waals surface area contributed by atoms with E-state index in [0.29, 0.717) is 6.04 Å². The summed E-state index contributed by atoms with van der Waals surface area (Å²) in [6.45, 7) is 7.32. The predicted octanol–water partition coefficient (Wildman–Crippen LogP) is 0.351. The van der Waals surface area contributed by atoms with Gasteiger partial charge in [-0.25, -0.2) is 5.90 Å². The monoisotopic (exact) mass is 286 g/mol. The Morgan fingerprint density at radius 1 is 0.895 bits per heavy atom. The number of aliphatic carboxylic acids is 3. The van der Waals surface area contributed by atoms with Crippen LogP contribution in [0.2, 0.25) is 0 Å². The molecular weight excluding hydrogens is 260 g/mol. The third-order valence-corrected chi connectivity index (χ3v) is 0.644. The molecule has 118 valence electrons. The molecule has 0 aromatic heterocycles. The second kappa shape index (κ2) is 29.9. The third kappa shape index (κ3) is 39600. The molecule has 0 aliphatic rings. The Bertz CT molecular complexity index is 168. The first kappa shape index (κ1) is 30.4. The average Bonchev–Trinajstić information content (AvgIpc) is 2.18. The lowest BCUT2D eigenvalue weighted by molar-refractivity contribution is -0.135. The molecule has 0 saturated carbocycles. The number of nitrogens with two attached hydrogens (primary N) is 2. The minimum Gasteiger partial charge on any atom is -0.481 e. The number of hydrogen-bond donors (Lipinski definition) is 6. The zero-order valence-corrected chi connectivity index (χ0v) is 12.0. The SMILES string of the molecule is CC(=O)O.CC(=O)O.CC(=O)O.CCC(C)N.NO. The summed E-state index contributed by atoms with van der Waals surface area (Å²) in [5.41, 5.74) is 5.29. The van der Waals surface area contributed by atoms with Crippen molar-refractivity contribution >= 4 is 17.9 Å². The lowest BCUT2D eigenvalue weighted by Crippen LogP contribution is -2.11. The minimum atomic E-state index is -0.833. The van der Waals surface area contributed by atoms with Crippen LogP contribution in [-0.2, 0) is 14.4 Å². The fraction of sp³-hybridized carbons (Fsp3) is 0.700. The van der Waals surface area contributed by atoms with E-state index in [0.717, 1.165) is 27.2 Å². The first-order valence-electron chi connectivity index (χ1n) is 5.07. The molecule has 0 aromatic carbocycles. The molecule has 8 N–H and O–H groups in total. The number of carbonyl (C=O) groups is 3. The third-order valence-electron chi connectivity index (χ3n) is 0.644. The maximum Gasteiger partial charge on any atom is 0.300 e. The summed E-state index contributed by atoms with van der Waals surface area (Å²) in [4.78, 5) is 27.0. The molecule has 0 rings (SSSR count). The number of carboxylic acid groups (broad SMARTS) is 3. The van der Waals surface area contributed by atoms with E-state index in [2.05, 4.69) is 12.8 Å². The molecular formula is C10H26N2O7. The first-order chi connectivity index (χ1) is 8.47. The van der Waals surface area contributed by atoms with Crippen molar-refractivity contribution in [3.8, 4) is 0 Å². The topological polar surface area (TPSA) is 184 Å². The van der Waals surface area contributed by atoms with E-state index in [1.54, 1.807) is 0 Å². The van der Waals surface area contributed by atoms with Crippen LogP contribution in [-0.4, -0.2) is 44.5 Å². The van der Waals surface area contributed by atoms with Crippen LogP contribution in [0.5, 0.6) is 0 Å². The summed E-state index contributed by atoms with van der Waals surface area (Å²) in [7, 11) is 0. The van der Waals surface area contributed by atoms with Crippen molar-refractivity contribution in [1.82, 2.24) is 0 Å². The van der Waals surface area contributed by atoms with Gasteiger partial charge in [0.2, 0.25) is 0 Å². The summed E-state index contributed by atoms with van der Waals surface area (Å²) in [5.74, 6) is 1.00. The molecule has 0 aromatic rings. The van der Waals surface area contributed by atoms with Crippen LogP contribution >= 0.6 is 0 Å². The van der Waals surface area contributed by atoms with Gasteiger partial charge in [-0.3, -0.25) is 14.4 Å². The molecule has 0 saturated heterocycles.